The van der Waals surface area contributed by atoms with E-state index in [2.05, 4.69) is 5.32 Å². The maximum atomic E-state index is 14.2. The molecule has 0 aliphatic carbocycles. The molecule has 48 heavy (non-hydrogen) atoms. The summed E-state index contributed by atoms with van der Waals surface area (Å²) < 4.78 is 17.0. The minimum absolute atomic E-state index is 0.0215. The highest BCUT2D eigenvalue weighted by molar-refractivity contribution is 5.91. The number of methoxy groups -OCH3 is 2. The number of carboxylic acid groups (broad SMARTS) is 1. The molecule has 1 fully saturated rings. The third-order valence-corrected chi connectivity index (χ3v) is 9.46. The molecule has 0 bridgehead atoms. The van der Waals surface area contributed by atoms with Gasteiger partial charge in [-0.3, -0.25) is 24.1 Å². The van der Waals surface area contributed by atoms with E-state index in [0.29, 0.717) is 19.4 Å². The molecule has 1 aliphatic heterocycles. The van der Waals surface area contributed by atoms with Crippen molar-refractivity contribution in [2.75, 3.05) is 34.9 Å². The van der Waals surface area contributed by atoms with Crippen LogP contribution in [0.15, 0.2) is 0 Å². The molecule has 1 unspecified atom stereocenters. The third-order valence-electron chi connectivity index (χ3n) is 9.46. The summed E-state index contributed by atoms with van der Waals surface area (Å²) in [4.78, 5) is 70.9. The second-order valence-corrected chi connectivity index (χ2v) is 14.9. The molecule has 4 amide bonds. The SMILES string of the molecule is CC[C@H](C)[C@@H]([C@@H](CC(=O)N1CCCC1[C@H](OC)[C@@H](C)C(=O)O)OC)N(C)C(=O)[C@@H](NC(=O)[C@H](C(C)C)N(C)C(=O)OC(C)(C)C)C(C)C. The summed E-state index contributed by atoms with van der Waals surface area (Å²) in [6, 6.07) is -2.71. The lowest BCUT2D eigenvalue weighted by Crippen LogP contribution is -2.60. The van der Waals surface area contributed by atoms with Gasteiger partial charge in [-0.25, -0.2) is 4.79 Å². The topological polar surface area (TPSA) is 155 Å². The number of nitrogens with one attached hydrogen (secondary N) is 1. The number of rotatable bonds is 17. The smallest absolute Gasteiger partial charge is 0.410 e. The molecule has 0 aromatic carbocycles. The summed E-state index contributed by atoms with van der Waals surface area (Å²) in [5, 5.41) is 12.5. The highest BCUT2D eigenvalue weighted by Crippen LogP contribution is 2.29. The molecule has 8 atom stereocenters. The molecule has 1 saturated heterocycles. The molecule has 278 valence electrons. The summed E-state index contributed by atoms with van der Waals surface area (Å²) >= 11 is 0. The van der Waals surface area contributed by atoms with Gasteiger partial charge in [-0.15, -0.1) is 0 Å². The Bertz CT molecular complexity index is 1090. The van der Waals surface area contributed by atoms with Crippen LogP contribution in [0.3, 0.4) is 0 Å². The van der Waals surface area contributed by atoms with Crippen LogP contribution in [0.4, 0.5) is 4.79 Å². The number of carboxylic acids is 1. The highest BCUT2D eigenvalue weighted by Gasteiger charge is 2.43. The van der Waals surface area contributed by atoms with E-state index in [0.717, 1.165) is 6.42 Å². The first-order chi connectivity index (χ1) is 22.1. The minimum Gasteiger partial charge on any atom is -0.481 e. The van der Waals surface area contributed by atoms with Crippen LogP contribution >= 0.6 is 0 Å². The molecule has 1 heterocycles. The van der Waals surface area contributed by atoms with Gasteiger partial charge in [0.25, 0.3) is 0 Å². The highest BCUT2D eigenvalue weighted by atomic mass is 16.6. The number of ether oxygens (including phenoxy) is 3. The van der Waals surface area contributed by atoms with Gasteiger partial charge in [0.1, 0.15) is 17.7 Å². The van der Waals surface area contributed by atoms with Gasteiger partial charge in [-0.05, 0) is 58.3 Å². The molecule has 13 nitrogen and oxygen atoms in total. The van der Waals surface area contributed by atoms with Gasteiger partial charge >= 0.3 is 12.1 Å². The van der Waals surface area contributed by atoms with Gasteiger partial charge in [0.15, 0.2) is 0 Å². The van der Waals surface area contributed by atoms with E-state index in [9.17, 15) is 29.1 Å². The number of likely N-dealkylation sites (tertiary alicyclic amines) is 1. The average Bonchev–Trinajstić information content (AvgIpc) is 3.47. The summed E-state index contributed by atoms with van der Waals surface area (Å²) in [6.07, 6.45) is 0.0489. The van der Waals surface area contributed by atoms with Crippen LogP contribution in [-0.4, -0.2) is 126 Å². The van der Waals surface area contributed by atoms with E-state index in [1.165, 1.54) is 26.2 Å². The Morgan fingerprint density at radius 1 is 0.938 bits per heavy atom. The van der Waals surface area contributed by atoms with E-state index < -0.39 is 59.8 Å². The van der Waals surface area contributed by atoms with Crippen molar-refractivity contribution < 1.29 is 43.3 Å². The van der Waals surface area contributed by atoms with Gasteiger partial charge < -0.3 is 34.4 Å². The fourth-order valence-corrected chi connectivity index (χ4v) is 6.64. The Labute approximate surface area is 288 Å². The monoisotopic (exact) mass is 684 g/mol. The summed E-state index contributed by atoms with van der Waals surface area (Å²) in [5.41, 5.74) is -0.745. The van der Waals surface area contributed by atoms with Gasteiger partial charge in [0, 0.05) is 34.9 Å². The lowest BCUT2D eigenvalue weighted by Gasteiger charge is -2.41. The predicted octanol–water partition coefficient (Wildman–Crippen LogP) is 4.02. The average molecular weight is 685 g/mol. The van der Waals surface area contributed by atoms with Gasteiger partial charge in [0.05, 0.1) is 36.6 Å². The van der Waals surface area contributed by atoms with Crippen molar-refractivity contribution in [3.05, 3.63) is 0 Å². The second-order valence-electron chi connectivity index (χ2n) is 14.9. The van der Waals surface area contributed by atoms with Crippen molar-refractivity contribution in [2.24, 2.45) is 23.7 Å². The van der Waals surface area contributed by atoms with Crippen molar-refractivity contribution in [1.29, 1.82) is 0 Å². The number of nitrogens with zero attached hydrogens (tertiary/aromatic N) is 3. The number of carbonyl (C=O) groups is 5. The Morgan fingerprint density at radius 2 is 1.52 bits per heavy atom. The first-order valence-corrected chi connectivity index (χ1v) is 17.3. The van der Waals surface area contributed by atoms with E-state index in [1.807, 2.05) is 41.5 Å². The zero-order valence-electron chi connectivity index (χ0n) is 31.9. The number of hydrogen-bond acceptors (Lipinski definition) is 8. The van der Waals surface area contributed by atoms with Crippen LogP contribution in [0.5, 0.6) is 0 Å². The van der Waals surface area contributed by atoms with Crippen LogP contribution in [0.25, 0.3) is 0 Å². The number of aliphatic carboxylic acids is 1. The molecule has 0 spiro atoms. The van der Waals surface area contributed by atoms with Crippen molar-refractivity contribution in [1.82, 2.24) is 20.0 Å². The molecular formula is C35H64N4O9. The normalized spacial score (nSPS) is 19.6. The second kappa shape index (κ2) is 18.7. The van der Waals surface area contributed by atoms with E-state index in [4.69, 9.17) is 14.2 Å². The molecule has 0 radical (unpaired) electrons. The molecule has 2 N–H and O–H groups in total. The third kappa shape index (κ3) is 11.3. The van der Waals surface area contributed by atoms with Crippen LogP contribution in [0, 0.1) is 23.7 Å². The van der Waals surface area contributed by atoms with E-state index in [1.54, 1.807) is 44.5 Å². The summed E-state index contributed by atoms with van der Waals surface area (Å²) in [6.45, 7) is 18.6. The zero-order chi connectivity index (χ0) is 37.3. The molecule has 0 aromatic rings. The van der Waals surface area contributed by atoms with Crippen molar-refractivity contribution in [3.63, 3.8) is 0 Å². The van der Waals surface area contributed by atoms with Crippen LogP contribution in [-0.2, 0) is 33.4 Å². The molecular weight excluding hydrogens is 620 g/mol. The van der Waals surface area contributed by atoms with Crippen molar-refractivity contribution >= 4 is 29.8 Å². The standard InChI is InChI=1S/C35H64N4O9/c1-15-22(6)29(25(46-13)19-26(40)39-18-16-17-24(39)30(47-14)23(7)33(43)44)37(11)32(42)27(20(2)3)36-31(41)28(21(4)5)38(12)34(45)48-35(8,9)10/h20-25,27-30H,15-19H2,1-14H3,(H,36,41)(H,43,44)/t22-,23+,24?,25+,27-,28-,29-,30+/m0/s1. The molecule has 0 saturated carbocycles. The summed E-state index contributed by atoms with van der Waals surface area (Å²) in [7, 11) is 6.15. The summed E-state index contributed by atoms with van der Waals surface area (Å²) in [5.74, 6) is -3.44. The molecule has 13 heteroatoms. The Balaban J connectivity index is 3.32. The Morgan fingerprint density at radius 3 is 1.96 bits per heavy atom. The zero-order valence-corrected chi connectivity index (χ0v) is 31.9. The maximum Gasteiger partial charge on any atom is 0.410 e. The first-order valence-electron chi connectivity index (χ1n) is 17.3. The lowest BCUT2D eigenvalue weighted by molar-refractivity contribution is -0.152. The van der Waals surface area contributed by atoms with Gasteiger partial charge in [-0.2, -0.15) is 0 Å². The minimum atomic E-state index is -0.990. The lowest BCUT2D eigenvalue weighted by atomic mass is 9.89. The quantitative estimate of drug-likeness (QED) is 0.231. The fourth-order valence-electron chi connectivity index (χ4n) is 6.64. The van der Waals surface area contributed by atoms with Crippen LogP contribution in [0.2, 0.25) is 0 Å². The predicted molar refractivity (Wildman–Crippen MR) is 183 cm³/mol. The largest absolute Gasteiger partial charge is 0.481 e. The van der Waals surface area contributed by atoms with Gasteiger partial charge in [-0.1, -0.05) is 48.0 Å². The maximum absolute atomic E-state index is 14.2. The number of hydrogen-bond donors (Lipinski definition) is 2. The Hall–Kier alpha value is -2.93. The van der Waals surface area contributed by atoms with E-state index in [-0.39, 0.29) is 42.0 Å². The number of likely N-dealkylation sites (N-methyl/N-ethyl adjacent to an activating group) is 2. The van der Waals surface area contributed by atoms with Crippen molar-refractivity contribution in [3.8, 4) is 0 Å². The molecule has 0 aromatic heterocycles. The first kappa shape index (κ1) is 43.1. The fraction of sp³-hybridized carbons (Fsp3) is 0.857. The van der Waals surface area contributed by atoms with Gasteiger partial charge in [0.2, 0.25) is 17.7 Å². The van der Waals surface area contributed by atoms with Crippen molar-refractivity contribution in [2.45, 2.75) is 137 Å². The van der Waals surface area contributed by atoms with E-state index >= 15 is 0 Å². The molecule has 1 rings (SSSR count). The Kier molecular flexibility index (Phi) is 16.8. The van der Waals surface area contributed by atoms with Crippen LogP contribution < -0.4 is 5.32 Å². The number of carbonyl (C=O) groups excluding carboxylic acids is 4. The molecule has 1 aliphatic rings. The van der Waals surface area contributed by atoms with Crippen LogP contribution in [0.1, 0.15) is 94.9 Å². The number of amides is 4.